The maximum atomic E-state index is 11.1. The molecule has 76 valence electrons. The Labute approximate surface area is 88.5 Å². The molecule has 2 nitrogen and oxygen atoms in total. The van der Waals surface area contributed by atoms with Crippen molar-refractivity contribution in [2.24, 2.45) is 0 Å². The molecule has 2 heteroatoms. The zero-order chi connectivity index (χ0) is 10.8. The van der Waals surface area contributed by atoms with E-state index in [4.69, 9.17) is 4.42 Å². The van der Waals surface area contributed by atoms with Gasteiger partial charge in [0.15, 0.2) is 11.5 Å². The molecule has 0 amide bonds. The third-order valence-corrected chi connectivity index (χ3v) is 2.35. The summed E-state index contributed by atoms with van der Waals surface area (Å²) >= 11 is 0. The van der Waals surface area contributed by atoms with Crippen molar-refractivity contribution in [1.29, 1.82) is 0 Å². The monoisotopic (exact) mass is 200 g/mol. The van der Waals surface area contributed by atoms with E-state index in [0.717, 1.165) is 16.9 Å². The molecule has 1 aromatic carbocycles. The molecule has 1 aromatic heterocycles. The SMILES string of the molecule is CC(=O)c1cc(-c2ccccc2)c(C)o1. The van der Waals surface area contributed by atoms with Crippen LogP contribution in [0.15, 0.2) is 40.8 Å². The Bertz CT molecular complexity index is 480. The summed E-state index contributed by atoms with van der Waals surface area (Å²) in [6.07, 6.45) is 0. The minimum atomic E-state index is -0.0414. The lowest BCUT2D eigenvalue weighted by Gasteiger charge is -1.96. The topological polar surface area (TPSA) is 30.2 Å². The first-order valence-electron chi connectivity index (χ1n) is 4.85. The predicted octanol–water partition coefficient (Wildman–Crippen LogP) is 3.46. The summed E-state index contributed by atoms with van der Waals surface area (Å²) in [6, 6.07) is 11.7. The van der Waals surface area contributed by atoms with Gasteiger partial charge >= 0.3 is 0 Å². The van der Waals surface area contributed by atoms with Gasteiger partial charge in [-0.1, -0.05) is 30.3 Å². The fraction of sp³-hybridized carbons (Fsp3) is 0.154. The van der Waals surface area contributed by atoms with Crippen LogP contribution in [0.2, 0.25) is 0 Å². The standard InChI is InChI=1S/C13H12O2/c1-9(14)13-8-12(10(2)15-13)11-6-4-3-5-7-11/h3-8H,1-2H3. The van der Waals surface area contributed by atoms with Crippen molar-refractivity contribution in [2.75, 3.05) is 0 Å². The summed E-state index contributed by atoms with van der Waals surface area (Å²) in [6.45, 7) is 3.38. The van der Waals surface area contributed by atoms with Gasteiger partial charge in [0.05, 0.1) is 0 Å². The van der Waals surface area contributed by atoms with Crippen LogP contribution >= 0.6 is 0 Å². The summed E-state index contributed by atoms with van der Waals surface area (Å²) in [5.74, 6) is 1.16. The fourth-order valence-electron chi connectivity index (χ4n) is 1.56. The van der Waals surface area contributed by atoms with Crippen LogP contribution in [-0.2, 0) is 0 Å². The average Bonchev–Trinajstić information content (AvgIpc) is 2.62. The number of carbonyl (C=O) groups is 1. The number of hydrogen-bond donors (Lipinski definition) is 0. The molecule has 1 heterocycles. The molecule has 0 unspecified atom stereocenters. The first kappa shape index (κ1) is 9.71. The lowest BCUT2D eigenvalue weighted by Crippen LogP contribution is -1.86. The zero-order valence-electron chi connectivity index (χ0n) is 8.78. The number of carbonyl (C=O) groups excluding carboxylic acids is 1. The Balaban J connectivity index is 2.50. The van der Waals surface area contributed by atoms with Gasteiger partial charge in [0, 0.05) is 12.5 Å². The van der Waals surface area contributed by atoms with Crippen LogP contribution in [0.25, 0.3) is 11.1 Å². The smallest absolute Gasteiger partial charge is 0.194 e. The Morgan fingerprint density at radius 1 is 1.20 bits per heavy atom. The molecule has 0 bridgehead atoms. The largest absolute Gasteiger partial charge is 0.458 e. The second-order valence-electron chi connectivity index (χ2n) is 3.50. The first-order chi connectivity index (χ1) is 7.18. The number of aryl methyl sites for hydroxylation is 1. The second kappa shape index (κ2) is 3.73. The molecule has 0 saturated heterocycles. The minimum absolute atomic E-state index is 0.0414. The predicted molar refractivity (Wildman–Crippen MR) is 58.9 cm³/mol. The van der Waals surface area contributed by atoms with Gasteiger partial charge in [-0.2, -0.15) is 0 Å². The molecule has 2 aromatic rings. The number of hydrogen-bond acceptors (Lipinski definition) is 2. The average molecular weight is 200 g/mol. The summed E-state index contributed by atoms with van der Waals surface area (Å²) in [7, 11) is 0. The van der Waals surface area contributed by atoms with Crippen molar-refractivity contribution < 1.29 is 9.21 Å². The molecule has 0 fully saturated rings. The van der Waals surface area contributed by atoms with E-state index in [1.54, 1.807) is 6.07 Å². The lowest BCUT2D eigenvalue weighted by atomic mass is 10.1. The van der Waals surface area contributed by atoms with Crippen LogP contribution in [0.4, 0.5) is 0 Å². The molecule has 0 aliphatic heterocycles. The maximum absolute atomic E-state index is 11.1. The van der Waals surface area contributed by atoms with Crippen LogP contribution in [0.5, 0.6) is 0 Å². The fourth-order valence-corrected chi connectivity index (χ4v) is 1.56. The van der Waals surface area contributed by atoms with E-state index < -0.39 is 0 Å². The van der Waals surface area contributed by atoms with Crippen molar-refractivity contribution in [3.05, 3.63) is 47.9 Å². The molecule has 0 saturated carbocycles. The van der Waals surface area contributed by atoms with Crippen LogP contribution in [0, 0.1) is 6.92 Å². The Kier molecular flexibility index (Phi) is 2.42. The Hall–Kier alpha value is -1.83. The van der Waals surface area contributed by atoms with E-state index in [1.807, 2.05) is 37.3 Å². The Morgan fingerprint density at radius 3 is 2.40 bits per heavy atom. The quantitative estimate of drug-likeness (QED) is 0.695. The van der Waals surface area contributed by atoms with Crippen LogP contribution in [0.1, 0.15) is 23.2 Å². The van der Waals surface area contributed by atoms with Gasteiger partial charge in [-0.15, -0.1) is 0 Å². The van der Waals surface area contributed by atoms with E-state index in [9.17, 15) is 4.79 Å². The highest BCUT2D eigenvalue weighted by molar-refractivity contribution is 5.93. The molecular weight excluding hydrogens is 188 g/mol. The molecule has 0 spiro atoms. The van der Waals surface area contributed by atoms with Gasteiger partial charge in [0.2, 0.25) is 0 Å². The van der Waals surface area contributed by atoms with Gasteiger partial charge < -0.3 is 4.42 Å². The third-order valence-electron chi connectivity index (χ3n) is 2.35. The van der Waals surface area contributed by atoms with E-state index in [2.05, 4.69) is 0 Å². The molecule has 2 rings (SSSR count). The van der Waals surface area contributed by atoms with Crippen LogP contribution in [0.3, 0.4) is 0 Å². The highest BCUT2D eigenvalue weighted by Gasteiger charge is 2.11. The summed E-state index contributed by atoms with van der Waals surface area (Å²) < 4.78 is 5.38. The molecule has 0 radical (unpaired) electrons. The van der Waals surface area contributed by atoms with E-state index in [1.165, 1.54) is 6.92 Å². The number of furan rings is 1. The van der Waals surface area contributed by atoms with Gasteiger partial charge in [-0.3, -0.25) is 4.79 Å². The number of benzene rings is 1. The molecule has 0 atom stereocenters. The van der Waals surface area contributed by atoms with Gasteiger partial charge in [0.25, 0.3) is 0 Å². The maximum Gasteiger partial charge on any atom is 0.194 e. The highest BCUT2D eigenvalue weighted by atomic mass is 16.3. The highest BCUT2D eigenvalue weighted by Crippen LogP contribution is 2.26. The van der Waals surface area contributed by atoms with Gasteiger partial charge in [-0.05, 0) is 18.6 Å². The molecule has 0 aliphatic carbocycles. The number of rotatable bonds is 2. The van der Waals surface area contributed by atoms with Crippen molar-refractivity contribution in [3.63, 3.8) is 0 Å². The van der Waals surface area contributed by atoms with E-state index in [-0.39, 0.29) is 5.78 Å². The first-order valence-corrected chi connectivity index (χ1v) is 4.85. The summed E-state index contributed by atoms with van der Waals surface area (Å²) in [4.78, 5) is 11.1. The summed E-state index contributed by atoms with van der Waals surface area (Å²) in [5.41, 5.74) is 2.06. The van der Waals surface area contributed by atoms with E-state index in [0.29, 0.717) is 5.76 Å². The molecule has 0 aliphatic rings. The van der Waals surface area contributed by atoms with Gasteiger partial charge in [0.1, 0.15) is 5.76 Å². The third kappa shape index (κ3) is 1.84. The van der Waals surface area contributed by atoms with Crippen LogP contribution in [-0.4, -0.2) is 5.78 Å². The molecule has 0 N–H and O–H groups in total. The van der Waals surface area contributed by atoms with Crippen molar-refractivity contribution in [2.45, 2.75) is 13.8 Å². The van der Waals surface area contributed by atoms with Crippen molar-refractivity contribution in [1.82, 2.24) is 0 Å². The van der Waals surface area contributed by atoms with Gasteiger partial charge in [-0.25, -0.2) is 0 Å². The minimum Gasteiger partial charge on any atom is -0.458 e. The van der Waals surface area contributed by atoms with E-state index >= 15 is 0 Å². The van der Waals surface area contributed by atoms with Crippen LogP contribution < -0.4 is 0 Å². The Morgan fingerprint density at radius 2 is 1.87 bits per heavy atom. The zero-order valence-corrected chi connectivity index (χ0v) is 8.78. The van der Waals surface area contributed by atoms with Crippen molar-refractivity contribution in [3.8, 4) is 11.1 Å². The second-order valence-corrected chi connectivity index (χ2v) is 3.50. The number of ketones is 1. The lowest BCUT2D eigenvalue weighted by molar-refractivity contribution is 0.0986. The normalized spacial score (nSPS) is 10.3. The summed E-state index contributed by atoms with van der Waals surface area (Å²) in [5, 5.41) is 0. The number of Topliss-reactive ketones (excluding diaryl/α,β-unsaturated/α-hetero) is 1. The molecular formula is C13H12O2. The van der Waals surface area contributed by atoms with Crippen molar-refractivity contribution >= 4 is 5.78 Å². The molecule has 15 heavy (non-hydrogen) atoms.